The van der Waals surface area contributed by atoms with E-state index in [-0.39, 0.29) is 17.6 Å². The largest absolute Gasteiger partial charge is 0.482 e. The first-order valence-electron chi connectivity index (χ1n) is 11.7. The molecule has 1 saturated heterocycles. The van der Waals surface area contributed by atoms with Crippen molar-refractivity contribution in [2.75, 3.05) is 25.4 Å². The number of aryl methyl sites for hydroxylation is 1. The molecular weight excluding hydrogens is 452 g/mol. The number of fused-ring (bicyclic) bond motifs is 2. The van der Waals surface area contributed by atoms with Gasteiger partial charge in [-0.15, -0.1) is 0 Å². The smallest absolute Gasteiger partial charge is 0.317 e. The molecule has 2 amide bonds. The van der Waals surface area contributed by atoms with Crippen LogP contribution in [0.3, 0.4) is 0 Å². The fourth-order valence-electron chi connectivity index (χ4n) is 5.01. The maximum Gasteiger partial charge on any atom is 0.317 e. The number of hydrogen-bond acceptors (Lipinski definition) is 5. The van der Waals surface area contributed by atoms with Crippen molar-refractivity contribution in [3.8, 4) is 17.0 Å². The second-order valence-corrected chi connectivity index (χ2v) is 9.53. The third-order valence-electron chi connectivity index (χ3n) is 6.92. The highest BCUT2D eigenvalue weighted by molar-refractivity contribution is 6.30. The fraction of sp³-hybridized carbons (Fsp3) is 0.400. The number of urea groups is 1. The Labute approximate surface area is 204 Å². The van der Waals surface area contributed by atoms with E-state index in [1.54, 1.807) is 6.20 Å². The molecule has 34 heavy (non-hydrogen) atoms. The van der Waals surface area contributed by atoms with Crippen LogP contribution in [0.15, 0.2) is 42.6 Å². The quantitative estimate of drug-likeness (QED) is 0.564. The molecule has 0 bridgehead atoms. The lowest BCUT2D eigenvalue weighted by Gasteiger charge is -2.23. The lowest BCUT2D eigenvalue weighted by Crippen LogP contribution is -2.40. The van der Waals surface area contributed by atoms with Gasteiger partial charge in [0.05, 0.1) is 5.69 Å². The van der Waals surface area contributed by atoms with Gasteiger partial charge in [0.25, 0.3) is 0 Å². The van der Waals surface area contributed by atoms with Crippen LogP contribution in [0.1, 0.15) is 44.1 Å². The maximum atomic E-state index is 12.4. The normalized spacial score (nSPS) is 19.9. The van der Waals surface area contributed by atoms with Crippen LogP contribution in [0, 0.1) is 0 Å². The standard InChI is InChI=1S/C25H29ClN6O2/c1-3-28-24(33)31-10-8-25(15-31)9-11-32-22(25)13-20(30-32)18-12-21(23(27)29-14-18)34-16(2)17-4-6-19(26)7-5-17/h4-7,12-14,16H,3,8-11,15H2,1-2H3,(H2,27,29)(H,28,33)/t16-,25-/m1/s1. The summed E-state index contributed by atoms with van der Waals surface area (Å²) in [6.07, 6.45) is 3.46. The number of anilines is 1. The number of amides is 2. The van der Waals surface area contributed by atoms with Crippen molar-refractivity contribution in [3.63, 3.8) is 0 Å². The zero-order valence-corrected chi connectivity index (χ0v) is 20.2. The summed E-state index contributed by atoms with van der Waals surface area (Å²) in [7, 11) is 0. The molecule has 4 heterocycles. The minimum Gasteiger partial charge on any atom is -0.482 e. The van der Waals surface area contributed by atoms with E-state index >= 15 is 0 Å². The molecule has 1 fully saturated rings. The first-order chi connectivity index (χ1) is 16.4. The monoisotopic (exact) mass is 480 g/mol. The number of nitrogen functional groups attached to an aromatic ring is 1. The van der Waals surface area contributed by atoms with Crippen LogP contribution >= 0.6 is 11.6 Å². The molecule has 1 aromatic carbocycles. The number of hydrogen-bond donors (Lipinski definition) is 2. The molecular formula is C25H29ClN6O2. The summed E-state index contributed by atoms with van der Waals surface area (Å²) in [4.78, 5) is 18.6. The van der Waals surface area contributed by atoms with Crippen molar-refractivity contribution >= 4 is 23.4 Å². The van der Waals surface area contributed by atoms with E-state index in [2.05, 4.69) is 21.0 Å². The number of nitrogens with two attached hydrogens (primary N) is 1. The topological polar surface area (TPSA) is 98.3 Å². The van der Waals surface area contributed by atoms with Gasteiger partial charge >= 0.3 is 6.03 Å². The molecule has 2 aromatic heterocycles. The van der Waals surface area contributed by atoms with Crippen LogP contribution < -0.4 is 15.8 Å². The van der Waals surface area contributed by atoms with Crippen LogP contribution in [0.5, 0.6) is 5.75 Å². The minimum atomic E-state index is -0.217. The molecule has 3 aromatic rings. The van der Waals surface area contributed by atoms with Gasteiger partial charge in [-0.2, -0.15) is 5.10 Å². The van der Waals surface area contributed by atoms with E-state index in [4.69, 9.17) is 27.2 Å². The van der Waals surface area contributed by atoms with E-state index < -0.39 is 0 Å². The number of nitrogens with zero attached hydrogens (tertiary/aromatic N) is 4. The van der Waals surface area contributed by atoms with E-state index in [9.17, 15) is 4.79 Å². The van der Waals surface area contributed by atoms with E-state index in [1.807, 2.05) is 49.1 Å². The Balaban J connectivity index is 1.37. The van der Waals surface area contributed by atoms with Gasteiger partial charge in [-0.1, -0.05) is 23.7 Å². The van der Waals surface area contributed by atoms with Gasteiger partial charge in [0, 0.05) is 54.1 Å². The van der Waals surface area contributed by atoms with Gasteiger partial charge in [0.15, 0.2) is 11.6 Å². The van der Waals surface area contributed by atoms with Gasteiger partial charge in [0.2, 0.25) is 0 Å². The van der Waals surface area contributed by atoms with Crippen molar-refractivity contribution < 1.29 is 9.53 Å². The number of rotatable bonds is 5. The second kappa shape index (κ2) is 8.83. The highest BCUT2D eigenvalue weighted by Gasteiger charge is 2.46. The second-order valence-electron chi connectivity index (χ2n) is 9.09. The van der Waals surface area contributed by atoms with Gasteiger partial charge in [-0.25, -0.2) is 9.78 Å². The summed E-state index contributed by atoms with van der Waals surface area (Å²) in [6.45, 7) is 6.86. The predicted octanol–water partition coefficient (Wildman–Crippen LogP) is 4.40. The summed E-state index contributed by atoms with van der Waals surface area (Å²) in [5, 5.41) is 8.45. The molecule has 5 rings (SSSR count). The minimum absolute atomic E-state index is 0.0110. The molecule has 8 nitrogen and oxygen atoms in total. The summed E-state index contributed by atoms with van der Waals surface area (Å²) in [5.41, 5.74) is 9.95. The molecule has 2 aliphatic rings. The summed E-state index contributed by atoms with van der Waals surface area (Å²) >= 11 is 6.00. The molecule has 3 N–H and O–H groups in total. The highest BCUT2D eigenvalue weighted by atomic mass is 35.5. The van der Waals surface area contributed by atoms with Crippen LogP contribution in [0.25, 0.3) is 11.3 Å². The lowest BCUT2D eigenvalue weighted by atomic mass is 9.82. The van der Waals surface area contributed by atoms with Gasteiger partial charge < -0.3 is 20.7 Å². The third kappa shape index (κ3) is 4.07. The number of nitrogens with one attached hydrogen (secondary N) is 1. The van der Waals surface area contributed by atoms with Gasteiger partial charge in [-0.05, 0) is 56.5 Å². The molecule has 0 unspecified atom stereocenters. The number of carbonyl (C=O) groups excluding carboxylic acids is 1. The summed E-state index contributed by atoms with van der Waals surface area (Å²) in [6, 6.07) is 11.6. The fourth-order valence-corrected chi connectivity index (χ4v) is 5.13. The number of aromatic nitrogens is 3. The highest BCUT2D eigenvalue weighted by Crippen LogP contribution is 2.44. The molecule has 1 spiro atoms. The van der Waals surface area contributed by atoms with E-state index in [1.165, 1.54) is 5.69 Å². The summed E-state index contributed by atoms with van der Waals surface area (Å²) < 4.78 is 8.22. The number of benzene rings is 1. The third-order valence-corrected chi connectivity index (χ3v) is 7.17. The summed E-state index contributed by atoms with van der Waals surface area (Å²) in [5.74, 6) is 0.854. The molecule has 0 radical (unpaired) electrons. The molecule has 178 valence electrons. The lowest BCUT2D eigenvalue weighted by molar-refractivity contribution is 0.206. The van der Waals surface area contributed by atoms with Crippen molar-refractivity contribution in [1.29, 1.82) is 0 Å². The Morgan fingerprint density at radius 1 is 1.26 bits per heavy atom. The first kappa shape index (κ1) is 22.5. The van der Waals surface area contributed by atoms with E-state index in [0.29, 0.717) is 23.1 Å². The van der Waals surface area contributed by atoms with Crippen molar-refractivity contribution in [1.82, 2.24) is 25.0 Å². The molecule has 2 aliphatic heterocycles. The Morgan fingerprint density at radius 2 is 2.03 bits per heavy atom. The number of carbonyl (C=O) groups is 1. The Kier molecular flexibility index (Phi) is 5.85. The average molecular weight is 481 g/mol. The average Bonchev–Trinajstić information content (AvgIpc) is 3.53. The zero-order chi connectivity index (χ0) is 23.9. The number of ether oxygens (including phenoxy) is 1. The van der Waals surface area contributed by atoms with Crippen LogP contribution in [0.4, 0.5) is 10.6 Å². The van der Waals surface area contributed by atoms with Crippen molar-refractivity contribution in [2.45, 2.75) is 44.8 Å². The van der Waals surface area contributed by atoms with Crippen LogP contribution in [-0.4, -0.2) is 45.3 Å². The maximum absolute atomic E-state index is 12.4. The van der Waals surface area contributed by atoms with Crippen LogP contribution in [-0.2, 0) is 12.0 Å². The Morgan fingerprint density at radius 3 is 2.79 bits per heavy atom. The predicted molar refractivity (Wildman–Crippen MR) is 132 cm³/mol. The van der Waals surface area contributed by atoms with E-state index in [0.717, 1.165) is 49.3 Å². The number of likely N-dealkylation sites (tertiary alicyclic amines) is 1. The number of halogens is 1. The Bertz CT molecular complexity index is 1210. The molecule has 0 saturated carbocycles. The first-order valence-corrected chi connectivity index (χ1v) is 12.1. The SMILES string of the molecule is CCNC(=O)N1CC[C@@]2(CCn3nc(-c4cnc(N)c(O[C@H](C)c5ccc(Cl)cc5)c4)cc32)C1. The molecule has 2 atom stereocenters. The van der Waals surface area contributed by atoms with Crippen molar-refractivity contribution in [3.05, 3.63) is 58.9 Å². The van der Waals surface area contributed by atoms with Gasteiger partial charge in [-0.3, -0.25) is 4.68 Å². The molecule has 0 aliphatic carbocycles. The van der Waals surface area contributed by atoms with Gasteiger partial charge in [0.1, 0.15) is 6.10 Å². The zero-order valence-electron chi connectivity index (χ0n) is 19.4. The van der Waals surface area contributed by atoms with Crippen LogP contribution in [0.2, 0.25) is 5.02 Å². The number of pyridine rings is 1. The Hall–Kier alpha value is -3.26. The van der Waals surface area contributed by atoms with Crippen molar-refractivity contribution in [2.24, 2.45) is 0 Å². The molecule has 9 heteroatoms.